The summed E-state index contributed by atoms with van der Waals surface area (Å²) < 4.78 is 0. The Hall–Kier alpha value is -0.400. The average molecular weight is 439 g/mol. The van der Waals surface area contributed by atoms with Gasteiger partial charge in [-0.3, -0.25) is 9.80 Å². The van der Waals surface area contributed by atoms with Crippen LogP contribution in [-0.4, -0.2) is 139 Å². The van der Waals surface area contributed by atoms with Crippen molar-refractivity contribution in [3.8, 4) is 0 Å². The van der Waals surface area contributed by atoms with Crippen LogP contribution in [0.2, 0.25) is 0 Å². The SMILES string of the molecule is CCCCN1CC(O)[C@@H](O)[C@@H](O)C1CO.CCCCN1C[C@H](O)[C@@H](O)[C@@H](O)[C@H]1CO. The van der Waals surface area contributed by atoms with Gasteiger partial charge in [-0.2, -0.15) is 0 Å². The van der Waals surface area contributed by atoms with Crippen molar-refractivity contribution in [2.75, 3.05) is 39.4 Å². The van der Waals surface area contributed by atoms with E-state index in [1.54, 1.807) is 0 Å². The molecular formula is C20H42N2O8. The van der Waals surface area contributed by atoms with Gasteiger partial charge < -0.3 is 40.9 Å². The number of nitrogens with zero attached hydrogens (tertiary/aromatic N) is 2. The van der Waals surface area contributed by atoms with Crippen LogP contribution < -0.4 is 0 Å². The fraction of sp³-hybridized carbons (Fsp3) is 1.00. The third kappa shape index (κ3) is 7.33. The van der Waals surface area contributed by atoms with Crippen molar-refractivity contribution in [2.45, 2.75) is 88.2 Å². The summed E-state index contributed by atoms with van der Waals surface area (Å²) in [6.45, 7) is 5.78. The van der Waals surface area contributed by atoms with Gasteiger partial charge in [0.2, 0.25) is 0 Å². The van der Waals surface area contributed by atoms with E-state index in [1.807, 2.05) is 9.80 Å². The number of rotatable bonds is 8. The smallest absolute Gasteiger partial charge is 0.109 e. The highest BCUT2D eigenvalue weighted by Gasteiger charge is 2.41. The molecule has 2 fully saturated rings. The van der Waals surface area contributed by atoms with E-state index in [4.69, 9.17) is 10.2 Å². The standard InChI is InChI=1S/2C10H21NO4/c2*1-2-3-4-11-5-8(13)10(15)9(14)7(11)6-12/h2*7-10,12-15H,2-6H2,1H3/t7?,8?,9-,10+;7-,8+,9+,10-/m01/s1. The van der Waals surface area contributed by atoms with E-state index in [9.17, 15) is 30.6 Å². The Bertz CT molecular complexity index is 421. The van der Waals surface area contributed by atoms with E-state index >= 15 is 0 Å². The molecule has 0 aromatic heterocycles. The predicted molar refractivity (Wildman–Crippen MR) is 111 cm³/mol. The highest BCUT2D eigenvalue weighted by molar-refractivity contribution is 4.94. The van der Waals surface area contributed by atoms with E-state index in [0.29, 0.717) is 13.1 Å². The van der Waals surface area contributed by atoms with Crippen LogP contribution in [0.1, 0.15) is 39.5 Å². The van der Waals surface area contributed by atoms with Crippen LogP contribution in [0, 0.1) is 0 Å². The molecule has 0 radical (unpaired) electrons. The van der Waals surface area contributed by atoms with Crippen LogP contribution in [0.3, 0.4) is 0 Å². The highest BCUT2D eigenvalue weighted by atomic mass is 16.4. The molecule has 2 unspecified atom stereocenters. The number of hydrogen-bond acceptors (Lipinski definition) is 10. The molecule has 180 valence electrons. The van der Waals surface area contributed by atoms with E-state index < -0.39 is 48.7 Å². The molecule has 8 N–H and O–H groups in total. The molecule has 2 heterocycles. The van der Waals surface area contributed by atoms with Crippen LogP contribution in [0.15, 0.2) is 0 Å². The lowest BCUT2D eigenvalue weighted by Gasteiger charge is -2.43. The van der Waals surface area contributed by atoms with Crippen molar-refractivity contribution in [2.24, 2.45) is 0 Å². The number of β-amino-alcohol motifs (C(OH)–C–C–N with tert-alkyl or cyclic N) is 2. The van der Waals surface area contributed by atoms with Crippen LogP contribution in [-0.2, 0) is 0 Å². The van der Waals surface area contributed by atoms with Crippen LogP contribution in [0.4, 0.5) is 0 Å². The molecule has 10 heteroatoms. The molecule has 2 saturated heterocycles. The third-order valence-corrected chi connectivity index (χ3v) is 6.03. The first kappa shape index (κ1) is 27.6. The third-order valence-electron chi connectivity index (χ3n) is 6.03. The van der Waals surface area contributed by atoms with Crippen molar-refractivity contribution in [1.82, 2.24) is 9.80 Å². The Morgan fingerprint density at radius 2 is 0.933 bits per heavy atom. The van der Waals surface area contributed by atoms with Crippen molar-refractivity contribution in [1.29, 1.82) is 0 Å². The first-order valence-electron chi connectivity index (χ1n) is 11.0. The number of piperidine rings is 2. The van der Waals surface area contributed by atoms with Gasteiger partial charge >= 0.3 is 0 Å². The van der Waals surface area contributed by atoms with Gasteiger partial charge in [0.1, 0.15) is 24.4 Å². The maximum atomic E-state index is 9.67. The summed E-state index contributed by atoms with van der Waals surface area (Å²) in [6, 6.07) is -0.926. The molecule has 0 aliphatic carbocycles. The molecule has 2 aliphatic rings. The van der Waals surface area contributed by atoms with Gasteiger partial charge in [0.15, 0.2) is 0 Å². The second-order valence-corrected chi connectivity index (χ2v) is 8.29. The molecule has 0 aromatic carbocycles. The number of aliphatic hydroxyl groups is 8. The second-order valence-electron chi connectivity index (χ2n) is 8.29. The van der Waals surface area contributed by atoms with Crippen molar-refractivity contribution in [3.63, 3.8) is 0 Å². The summed E-state index contributed by atoms with van der Waals surface area (Å²) in [5.74, 6) is 0. The monoisotopic (exact) mass is 438 g/mol. The summed E-state index contributed by atoms with van der Waals surface area (Å²) in [4.78, 5) is 3.68. The van der Waals surface area contributed by atoms with E-state index in [1.165, 1.54) is 0 Å². The number of unbranched alkanes of at least 4 members (excludes halogenated alkanes) is 2. The lowest BCUT2D eigenvalue weighted by Crippen LogP contribution is -2.62. The van der Waals surface area contributed by atoms with E-state index in [0.717, 1.165) is 38.8 Å². The van der Waals surface area contributed by atoms with Gasteiger partial charge in [0.05, 0.1) is 37.5 Å². The van der Waals surface area contributed by atoms with E-state index in [2.05, 4.69) is 13.8 Å². The molecule has 30 heavy (non-hydrogen) atoms. The van der Waals surface area contributed by atoms with Gasteiger partial charge in [-0.05, 0) is 25.9 Å². The van der Waals surface area contributed by atoms with Crippen molar-refractivity contribution < 1.29 is 40.9 Å². The second kappa shape index (κ2) is 13.9. The molecule has 2 rings (SSSR count). The largest absolute Gasteiger partial charge is 0.395 e. The first-order chi connectivity index (χ1) is 14.2. The van der Waals surface area contributed by atoms with Gasteiger partial charge in [-0.15, -0.1) is 0 Å². The lowest BCUT2D eigenvalue weighted by atomic mass is 9.94. The number of aliphatic hydroxyl groups excluding tert-OH is 8. The minimum absolute atomic E-state index is 0.200. The summed E-state index contributed by atoms with van der Waals surface area (Å²) in [5, 5.41) is 75.5. The molecule has 0 bridgehead atoms. The topological polar surface area (TPSA) is 168 Å². The molecule has 0 saturated carbocycles. The minimum Gasteiger partial charge on any atom is -0.395 e. The summed E-state index contributed by atoms with van der Waals surface area (Å²) in [7, 11) is 0. The van der Waals surface area contributed by atoms with Gasteiger partial charge in [0.25, 0.3) is 0 Å². The molecule has 0 spiro atoms. The normalized spacial score (nSPS) is 38.2. The Balaban J connectivity index is 0.000000300. The Morgan fingerprint density at radius 3 is 1.20 bits per heavy atom. The maximum Gasteiger partial charge on any atom is 0.109 e. The maximum absolute atomic E-state index is 9.67. The fourth-order valence-corrected chi connectivity index (χ4v) is 3.99. The van der Waals surface area contributed by atoms with Crippen LogP contribution >= 0.6 is 0 Å². The quantitative estimate of drug-likeness (QED) is 0.197. The highest BCUT2D eigenvalue weighted by Crippen LogP contribution is 2.20. The molecular weight excluding hydrogens is 396 g/mol. The summed E-state index contributed by atoms with van der Waals surface area (Å²) in [6.07, 6.45) is -2.38. The lowest BCUT2D eigenvalue weighted by molar-refractivity contribution is -0.145. The number of hydrogen-bond donors (Lipinski definition) is 8. The number of likely N-dealkylation sites (tertiary alicyclic amines) is 2. The van der Waals surface area contributed by atoms with Crippen molar-refractivity contribution in [3.05, 3.63) is 0 Å². The molecule has 8 atom stereocenters. The Kier molecular flexibility index (Phi) is 12.8. The van der Waals surface area contributed by atoms with Gasteiger partial charge in [-0.1, -0.05) is 26.7 Å². The van der Waals surface area contributed by atoms with E-state index in [-0.39, 0.29) is 13.2 Å². The minimum atomic E-state index is -1.15. The molecule has 0 aromatic rings. The van der Waals surface area contributed by atoms with Gasteiger partial charge in [-0.25, -0.2) is 0 Å². The van der Waals surface area contributed by atoms with Crippen molar-refractivity contribution >= 4 is 0 Å². The molecule has 0 amide bonds. The Labute approximate surface area is 179 Å². The zero-order valence-electron chi connectivity index (χ0n) is 18.2. The first-order valence-corrected chi connectivity index (χ1v) is 11.0. The predicted octanol–water partition coefficient (Wildman–Crippen LogP) is -2.91. The Morgan fingerprint density at radius 1 is 0.600 bits per heavy atom. The summed E-state index contributed by atoms with van der Waals surface area (Å²) in [5.41, 5.74) is 0. The zero-order chi connectivity index (χ0) is 22.8. The molecule has 10 nitrogen and oxygen atoms in total. The van der Waals surface area contributed by atoms with Gasteiger partial charge in [0, 0.05) is 13.1 Å². The fourth-order valence-electron chi connectivity index (χ4n) is 3.99. The van der Waals surface area contributed by atoms with Crippen LogP contribution in [0.5, 0.6) is 0 Å². The summed E-state index contributed by atoms with van der Waals surface area (Å²) >= 11 is 0. The molecule has 2 aliphatic heterocycles. The average Bonchev–Trinajstić information content (AvgIpc) is 2.73. The van der Waals surface area contributed by atoms with Crippen LogP contribution in [0.25, 0.3) is 0 Å². The zero-order valence-corrected chi connectivity index (χ0v) is 18.2.